The summed E-state index contributed by atoms with van der Waals surface area (Å²) in [5, 5.41) is 8.43. The standard InChI is InChI=1S/C17H22N2OS/c1-4-9-18-15-11-12(2)7-8-14(15)17(20)19-13(3)16-6-5-10-21-16/h5-8,10-11,13,18H,4,9H2,1-3H3,(H,19,20). The molecule has 1 aromatic heterocycles. The van der Waals surface area contributed by atoms with Crippen molar-refractivity contribution in [3.8, 4) is 0 Å². The van der Waals surface area contributed by atoms with E-state index in [9.17, 15) is 4.79 Å². The third-order valence-electron chi connectivity index (χ3n) is 3.30. The summed E-state index contributed by atoms with van der Waals surface area (Å²) in [6.07, 6.45) is 1.03. The minimum absolute atomic E-state index is 0.0258. The van der Waals surface area contributed by atoms with Crippen molar-refractivity contribution >= 4 is 22.9 Å². The molecule has 0 bridgehead atoms. The average Bonchev–Trinajstić information content (AvgIpc) is 2.99. The second kappa shape index (κ2) is 7.27. The zero-order valence-electron chi connectivity index (χ0n) is 12.8. The number of carbonyl (C=O) groups is 1. The number of rotatable bonds is 6. The van der Waals surface area contributed by atoms with Crippen molar-refractivity contribution in [3.05, 3.63) is 51.7 Å². The van der Waals surface area contributed by atoms with Gasteiger partial charge in [0.05, 0.1) is 11.6 Å². The van der Waals surface area contributed by atoms with Gasteiger partial charge in [-0.3, -0.25) is 4.79 Å². The van der Waals surface area contributed by atoms with E-state index in [0.29, 0.717) is 5.56 Å². The van der Waals surface area contributed by atoms with Crippen LogP contribution in [-0.4, -0.2) is 12.5 Å². The van der Waals surface area contributed by atoms with Crippen LogP contribution in [-0.2, 0) is 0 Å². The molecule has 2 rings (SSSR count). The van der Waals surface area contributed by atoms with Crippen LogP contribution in [0.3, 0.4) is 0 Å². The Morgan fingerprint density at radius 1 is 1.33 bits per heavy atom. The first kappa shape index (κ1) is 15.6. The molecule has 1 amide bonds. The number of benzene rings is 1. The molecule has 0 aliphatic heterocycles. The highest BCUT2D eigenvalue weighted by molar-refractivity contribution is 7.10. The molecular weight excluding hydrogens is 280 g/mol. The molecule has 4 heteroatoms. The first-order valence-corrected chi connectivity index (χ1v) is 8.18. The van der Waals surface area contributed by atoms with E-state index in [1.54, 1.807) is 11.3 Å². The van der Waals surface area contributed by atoms with Crippen LogP contribution in [0.1, 0.15) is 47.1 Å². The molecule has 21 heavy (non-hydrogen) atoms. The molecule has 0 aliphatic rings. The highest BCUT2D eigenvalue weighted by Gasteiger charge is 2.15. The monoisotopic (exact) mass is 302 g/mol. The summed E-state index contributed by atoms with van der Waals surface area (Å²) in [4.78, 5) is 13.7. The summed E-state index contributed by atoms with van der Waals surface area (Å²) in [6, 6.07) is 9.97. The van der Waals surface area contributed by atoms with Crippen LogP contribution in [0.15, 0.2) is 35.7 Å². The Hall–Kier alpha value is -1.81. The highest BCUT2D eigenvalue weighted by Crippen LogP contribution is 2.21. The van der Waals surface area contributed by atoms with Crippen molar-refractivity contribution < 1.29 is 4.79 Å². The molecule has 0 saturated carbocycles. The predicted molar refractivity (Wildman–Crippen MR) is 90.2 cm³/mol. The molecule has 0 spiro atoms. The van der Waals surface area contributed by atoms with Crippen LogP contribution < -0.4 is 10.6 Å². The lowest BCUT2D eigenvalue weighted by molar-refractivity contribution is 0.0941. The molecule has 2 aromatic rings. The first-order chi connectivity index (χ1) is 10.1. The van der Waals surface area contributed by atoms with E-state index < -0.39 is 0 Å². The third-order valence-corrected chi connectivity index (χ3v) is 4.36. The molecule has 112 valence electrons. The Bertz CT molecular complexity index is 593. The Morgan fingerprint density at radius 3 is 2.81 bits per heavy atom. The van der Waals surface area contributed by atoms with Crippen LogP contribution in [0.2, 0.25) is 0 Å². The first-order valence-electron chi connectivity index (χ1n) is 7.30. The number of amides is 1. The number of aryl methyl sites for hydroxylation is 1. The normalized spacial score (nSPS) is 12.0. The van der Waals surface area contributed by atoms with Crippen molar-refractivity contribution in [2.75, 3.05) is 11.9 Å². The van der Waals surface area contributed by atoms with Crippen molar-refractivity contribution in [3.63, 3.8) is 0 Å². The van der Waals surface area contributed by atoms with Gasteiger partial charge in [-0.1, -0.05) is 19.1 Å². The summed E-state index contributed by atoms with van der Waals surface area (Å²) >= 11 is 1.66. The Labute approximate surface area is 130 Å². The Kier molecular flexibility index (Phi) is 5.39. The fraction of sp³-hybridized carbons (Fsp3) is 0.353. The van der Waals surface area contributed by atoms with E-state index in [2.05, 4.69) is 17.6 Å². The molecule has 2 N–H and O–H groups in total. The number of hydrogen-bond donors (Lipinski definition) is 2. The summed E-state index contributed by atoms with van der Waals surface area (Å²) in [6.45, 7) is 7.02. The van der Waals surface area contributed by atoms with Gasteiger partial charge in [0.25, 0.3) is 5.91 Å². The van der Waals surface area contributed by atoms with Crippen LogP contribution >= 0.6 is 11.3 Å². The number of hydrogen-bond acceptors (Lipinski definition) is 3. The Balaban J connectivity index is 2.14. The summed E-state index contributed by atoms with van der Waals surface area (Å²) in [7, 11) is 0. The van der Waals surface area contributed by atoms with Gasteiger partial charge in [-0.25, -0.2) is 0 Å². The zero-order valence-corrected chi connectivity index (χ0v) is 13.6. The van der Waals surface area contributed by atoms with Crippen LogP contribution in [0.5, 0.6) is 0 Å². The van der Waals surface area contributed by atoms with Crippen molar-refractivity contribution in [1.82, 2.24) is 5.32 Å². The minimum atomic E-state index is -0.0329. The van der Waals surface area contributed by atoms with Crippen LogP contribution in [0, 0.1) is 6.92 Å². The maximum Gasteiger partial charge on any atom is 0.253 e. The molecule has 0 aliphatic carbocycles. The highest BCUT2D eigenvalue weighted by atomic mass is 32.1. The lowest BCUT2D eigenvalue weighted by Gasteiger charge is -2.16. The van der Waals surface area contributed by atoms with Gasteiger partial charge in [0.1, 0.15) is 0 Å². The third kappa shape index (κ3) is 4.08. The van der Waals surface area contributed by atoms with Gasteiger partial charge in [-0.15, -0.1) is 11.3 Å². The molecule has 1 atom stereocenters. The maximum atomic E-state index is 12.5. The van der Waals surface area contributed by atoms with Crippen molar-refractivity contribution in [1.29, 1.82) is 0 Å². The summed E-state index contributed by atoms with van der Waals surface area (Å²) in [5.74, 6) is -0.0329. The summed E-state index contributed by atoms with van der Waals surface area (Å²) in [5.41, 5.74) is 2.77. The number of nitrogens with one attached hydrogen (secondary N) is 2. The van der Waals surface area contributed by atoms with Crippen LogP contribution in [0.4, 0.5) is 5.69 Å². The topological polar surface area (TPSA) is 41.1 Å². The lowest BCUT2D eigenvalue weighted by atomic mass is 10.1. The second-order valence-corrected chi connectivity index (χ2v) is 6.17. The van der Waals surface area contributed by atoms with Crippen LogP contribution in [0.25, 0.3) is 0 Å². The molecular formula is C17H22N2OS. The van der Waals surface area contributed by atoms with E-state index in [0.717, 1.165) is 24.2 Å². The maximum absolute atomic E-state index is 12.5. The quantitative estimate of drug-likeness (QED) is 0.832. The molecule has 1 aromatic carbocycles. The van der Waals surface area contributed by atoms with E-state index in [-0.39, 0.29) is 11.9 Å². The number of anilines is 1. The van der Waals surface area contributed by atoms with E-state index in [4.69, 9.17) is 0 Å². The average molecular weight is 302 g/mol. The van der Waals surface area contributed by atoms with Gasteiger partial charge in [0.2, 0.25) is 0 Å². The molecule has 0 radical (unpaired) electrons. The number of thiophene rings is 1. The fourth-order valence-corrected chi connectivity index (χ4v) is 2.88. The van der Waals surface area contributed by atoms with E-state index in [1.165, 1.54) is 4.88 Å². The molecule has 3 nitrogen and oxygen atoms in total. The largest absolute Gasteiger partial charge is 0.384 e. The molecule has 0 fully saturated rings. The smallest absolute Gasteiger partial charge is 0.253 e. The van der Waals surface area contributed by atoms with Gasteiger partial charge in [-0.05, 0) is 49.4 Å². The SMILES string of the molecule is CCCNc1cc(C)ccc1C(=O)NC(C)c1cccs1. The summed E-state index contributed by atoms with van der Waals surface area (Å²) < 4.78 is 0. The molecule has 1 heterocycles. The van der Waals surface area contributed by atoms with Gasteiger partial charge < -0.3 is 10.6 Å². The Morgan fingerprint density at radius 2 is 2.14 bits per heavy atom. The van der Waals surface area contributed by atoms with Crippen molar-refractivity contribution in [2.24, 2.45) is 0 Å². The van der Waals surface area contributed by atoms with Gasteiger partial charge in [0, 0.05) is 17.1 Å². The fourth-order valence-electron chi connectivity index (χ4n) is 2.15. The van der Waals surface area contributed by atoms with Gasteiger partial charge >= 0.3 is 0 Å². The predicted octanol–water partition coefficient (Wildman–Crippen LogP) is 4.37. The second-order valence-electron chi connectivity index (χ2n) is 5.19. The molecule has 0 saturated heterocycles. The molecule has 1 unspecified atom stereocenters. The van der Waals surface area contributed by atoms with E-state index >= 15 is 0 Å². The minimum Gasteiger partial charge on any atom is -0.384 e. The lowest BCUT2D eigenvalue weighted by Crippen LogP contribution is -2.27. The number of carbonyl (C=O) groups excluding carboxylic acids is 1. The zero-order chi connectivity index (χ0) is 15.2. The van der Waals surface area contributed by atoms with Gasteiger partial charge in [0.15, 0.2) is 0 Å². The van der Waals surface area contributed by atoms with Crippen molar-refractivity contribution in [2.45, 2.75) is 33.2 Å². The van der Waals surface area contributed by atoms with E-state index in [1.807, 2.05) is 49.6 Å². The van der Waals surface area contributed by atoms with Gasteiger partial charge in [-0.2, -0.15) is 0 Å².